The molecule has 1 rings (SSSR count). The van der Waals surface area contributed by atoms with Crippen LogP contribution in [0.5, 0.6) is 0 Å². The van der Waals surface area contributed by atoms with E-state index in [-0.39, 0.29) is 4.90 Å². The van der Waals surface area contributed by atoms with Crippen LogP contribution in [0.25, 0.3) is 0 Å². The van der Waals surface area contributed by atoms with Gasteiger partial charge in [0.15, 0.2) is 9.84 Å². The summed E-state index contributed by atoms with van der Waals surface area (Å²) in [6, 6.07) is 3.17. The van der Waals surface area contributed by atoms with Gasteiger partial charge in [0.1, 0.15) is 10.7 Å². The fourth-order valence-corrected chi connectivity index (χ4v) is 2.35. The molecule has 0 atom stereocenters. The number of nitrogens with zero attached hydrogens (tertiary/aromatic N) is 2. The Morgan fingerprint density at radius 3 is 2.79 bits per heavy atom. The molecule has 0 bridgehead atoms. The number of likely N-dealkylation sites (N-methyl/N-ethyl adjacent to an activating group) is 1. The Bertz CT molecular complexity index is 491. The van der Waals surface area contributed by atoms with Crippen LogP contribution in [-0.4, -0.2) is 65.0 Å². The summed E-state index contributed by atoms with van der Waals surface area (Å²) < 4.78 is 28.2. The van der Waals surface area contributed by atoms with E-state index in [9.17, 15) is 8.42 Å². The molecule has 0 aromatic carbocycles. The first-order chi connectivity index (χ1) is 8.95. The smallest absolute Gasteiger partial charge is 0.179 e. The van der Waals surface area contributed by atoms with Gasteiger partial charge in [0.2, 0.25) is 0 Å². The second-order valence-corrected chi connectivity index (χ2v) is 6.33. The number of sulfone groups is 1. The number of nitrogens with one attached hydrogen (secondary N) is 1. The summed E-state index contributed by atoms with van der Waals surface area (Å²) in [5.74, 6) is 0.408. The lowest BCUT2D eigenvalue weighted by molar-refractivity contribution is 0.163. The fraction of sp³-hybridized carbons (Fsp3) is 0.583. The highest BCUT2D eigenvalue weighted by Crippen LogP contribution is 2.17. The van der Waals surface area contributed by atoms with Crippen LogP contribution >= 0.6 is 0 Å². The van der Waals surface area contributed by atoms with Crippen molar-refractivity contribution in [3.05, 3.63) is 18.3 Å². The highest BCUT2D eigenvalue weighted by molar-refractivity contribution is 7.90. The summed E-state index contributed by atoms with van der Waals surface area (Å²) in [5, 5.41) is 3.05. The largest absolute Gasteiger partial charge is 0.383 e. The minimum atomic E-state index is -3.26. The van der Waals surface area contributed by atoms with Gasteiger partial charge in [-0.25, -0.2) is 13.4 Å². The minimum absolute atomic E-state index is 0.231. The molecular weight excluding hydrogens is 266 g/mol. The Kier molecular flexibility index (Phi) is 6.20. The van der Waals surface area contributed by atoms with Crippen LogP contribution in [0.3, 0.4) is 0 Å². The van der Waals surface area contributed by atoms with Crippen molar-refractivity contribution in [2.24, 2.45) is 0 Å². The monoisotopic (exact) mass is 287 g/mol. The number of hydrogen-bond donors (Lipinski definition) is 1. The number of aromatic nitrogens is 1. The van der Waals surface area contributed by atoms with Crippen LogP contribution in [0.15, 0.2) is 23.2 Å². The molecule has 6 nitrogen and oxygen atoms in total. The first kappa shape index (κ1) is 15.9. The van der Waals surface area contributed by atoms with Crippen molar-refractivity contribution >= 4 is 15.7 Å². The summed E-state index contributed by atoms with van der Waals surface area (Å²) in [4.78, 5) is 6.40. The summed E-state index contributed by atoms with van der Waals surface area (Å²) in [7, 11) is 0.391. The van der Waals surface area contributed by atoms with Crippen molar-refractivity contribution in [3.63, 3.8) is 0 Å². The van der Waals surface area contributed by atoms with Gasteiger partial charge in [0, 0.05) is 39.2 Å². The molecule has 0 fully saturated rings. The molecule has 0 spiro atoms. The van der Waals surface area contributed by atoms with E-state index in [1.165, 1.54) is 6.26 Å². The molecule has 19 heavy (non-hydrogen) atoms. The van der Waals surface area contributed by atoms with Gasteiger partial charge in [-0.15, -0.1) is 0 Å². The molecule has 1 N–H and O–H groups in total. The van der Waals surface area contributed by atoms with Crippen molar-refractivity contribution < 1.29 is 13.2 Å². The van der Waals surface area contributed by atoms with Gasteiger partial charge in [-0.3, -0.25) is 0 Å². The molecule has 0 aliphatic rings. The molecule has 7 heteroatoms. The second-order valence-electron chi connectivity index (χ2n) is 4.35. The molecule has 0 saturated heterocycles. The Labute approximate surface area is 114 Å². The van der Waals surface area contributed by atoms with E-state index >= 15 is 0 Å². The first-order valence-electron chi connectivity index (χ1n) is 6.01. The average Bonchev–Trinajstić information content (AvgIpc) is 2.35. The third-order valence-corrected chi connectivity index (χ3v) is 3.76. The van der Waals surface area contributed by atoms with Gasteiger partial charge in [-0.05, 0) is 19.2 Å². The standard InChI is InChI=1S/C12H21N3O3S/c1-15(9-10-18-2)8-7-14-12-11(19(3,16)17)5-4-6-13-12/h4-6H,7-10H2,1-3H3,(H,13,14). The van der Waals surface area contributed by atoms with Crippen LogP contribution in [-0.2, 0) is 14.6 Å². The zero-order chi connectivity index (χ0) is 14.3. The Hall–Kier alpha value is -1.18. The quantitative estimate of drug-likeness (QED) is 0.749. The van der Waals surface area contributed by atoms with Gasteiger partial charge in [-0.2, -0.15) is 0 Å². The summed E-state index contributed by atoms with van der Waals surface area (Å²) in [5.41, 5.74) is 0. The van der Waals surface area contributed by atoms with Crippen molar-refractivity contribution in [3.8, 4) is 0 Å². The van der Waals surface area contributed by atoms with E-state index in [0.29, 0.717) is 19.0 Å². The van der Waals surface area contributed by atoms with Gasteiger partial charge in [0.05, 0.1) is 6.61 Å². The number of ether oxygens (including phenoxy) is 1. The number of hydrogen-bond acceptors (Lipinski definition) is 6. The van der Waals surface area contributed by atoms with Crippen molar-refractivity contribution in [2.75, 3.05) is 52.0 Å². The van der Waals surface area contributed by atoms with Gasteiger partial charge in [-0.1, -0.05) is 0 Å². The molecular formula is C12H21N3O3S. The minimum Gasteiger partial charge on any atom is -0.383 e. The lowest BCUT2D eigenvalue weighted by atomic mass is 10.4. The van der Waals surface area contributed by atoms with E-state index in [4.69, 9.17) is 4.74 Å². The van der Waals surface area contributed by atoms with E-state index in [1.807, 2.05) is 7.05 Å². The lowest BCUT2D eigenvalue weighted by Gasteiger charge is -2.17. The highest BCUT2D eigenvalue weighted by atomic mass is 32.2. The normalized spacial score (nSPS) is 11.8. The highest BCUT2D eigenvalue weighted by Gasteiger charge is 2.13. The lowest BCUT2D eigenvalue weighted by Crippen LogP contribution is -2.28. The topological polar surface area (TPSA) is 71.5 Å². The zero-order valence-electron chi connectivity index (χ0n) is 11.6. The molecule has 108 valence electrons. The van der Waals surface area contributed by atoms with Crippen LogP contribution in [0, 0.1) is 0 Å². The van der Waals surface area contributed by atoms with Crippen molar-refractivity contribution in [2.45, 2.75) is 4.90 Å². The van der Waals surface area contributed by atoms with Crippen LogP contribution in [0.2, 0.25) is 0 Å². The molecule has 1 aromatic rings. The first-order valence-corrected chi connectivity index (χ1v) is 7.90. The van der Waals surface area contributed by atoms with Crippen LogP contribution in [0.1, 0.15) is 0 Å². The summed E-state index contributed by atoms with van der Waals surface area (Å²) >= 11 is 0. The molecule has 0 aliphatic heterocycles. The van der Waals surface area contributed by atoms with Gasteiger partial charge in [0.25, 0.3) is 0 Å². The molecule has 1 heterocycles. The maximum absolute atomic E-state index is 11.6. The summed E-state index contributed by atoms with van der Waals surface area (Å²) in [6.07, 6.45) is 2.76. The van der Waals surface area contributed by atoms with E-state index in [1.54, 1.807) is 25.4 Å². The third kappa shape index (κ3) is 5.54. The third-order valence-electron chi connectivity index (χ3n) is 2.63. The molecule has 0 amide bonds. The average molecular weight is 287 g/mol. The SMILES string of the molecule is COCCN(C)CCNc1ncccc1S(C)(=O)=O. The fourth-order valence-electron chi connectivity index (χ4n) is 1.55. The number of anilines is 1. The van der Waals surface area contributed by atoms with E-state index in [0.717, 1.165) is 13.1 Å². The van der Waals surface area contributed by atoms with Crippen molar-refractivity contribution in [1.29, 1.82) is 0 Å². The maximum atomic E-state index is 11.6. The Balaban J connectivity index is 2.55. The molecule has 0 unspecified atom stereocenters. The van der Waals surface area contributed by atoms with E-state index in [2.05, 4.69) is 15.2 Å². The van der Waals surface area contributed by atoms with Crippen molar-refractivity contribution in [1.82, 2.24) is 9.88 Å². The second kappa shape index (κ2) is 7.42. The Morgan fingerprint density at radius 2 is 2.16 bits per heavy atom. The number of rotatable bonds is 8. The molecule has 1 aromatic heterocycles. The van der Waals surface area contributed by atoms with E-state index < -0.39 is 9.84 Å². The summed E-state index contributed by atoms with van der Waals surface area (Å²) in [6.45, 7) is 2.91. The molecule has 0 radical (unpaired) electrons. The molecule has 0 saturated carbocycles. The zero-order valence-corrected chi connectivity index (χ0v) is 12.4. The maximum Gasteiger partial charge on any atom is 0.179 e. The van der Waals surface area contributed by atoms with Gasteiger partial charge < -0.3 is 15.0 Å². The molecule has 0 aliphatic carbocycles. The Morgan fingerprint density at radius 1 is 1.42 bits per heavy atom. The predicted octanol–water partition coefficient (Wildman–Crippen LogP) is 0.475. The van der Waals surface area contributed by atoms with Crippen LogP contribution in [0.4, 0.5) is 5.82 Å². The number of methoxy groups -OCH3 is 1. The van der Waals surface area contributed by atoms with Gasteiger partial charge >= 0.3 is 0 Å². The number of pyridine rings is 1. The predicted molar refractivity (Wildman–Crippen MR) is 75.2 cm³/mol. The van der Waals surface area contributed by atoms with Crippen LogP contribution < -0.4 is 5.32 Å².